The van der Waals surface area contributed by atoms with Gasteiger partial charge < -0.3 is 20.8 Å². The van der Waals surface area contributed by atoms with Crippen LogP contribution in [0.15, 0.2) is 0 Å². The van der Waals surface area contributed by atoms with Crippen LogP contribution < -0.4 is 10.6 Å². The molecule has 1 aliphatic carbocycles. The number of urea groups is 1. The smallest absolute Gasteiger partial charge is 0.326 e. The number of rotatable bonds is 4. The zero-order valence-corrected chi connectivity index (χ0v) is 9.98. The minimum atomic E-state index is -1.05. The van der Waals surface area contributed by atoms with Gasteiger partial charge in [0.2, 0.25) is 0 Å². The van der Waals surface area contributed by atoms with E-state index in [0.29, 0.717) is 12.8 Å². The lowest BCUT2D eigenvalue weighted by atomic mass is 9.93. The molecule has 0 aromatic rings. The summed E-state index contributed by atoms with van der Waals surface area (Å²) in [4.78, 5) is 22.3. The second kappa shape index (κ2) is 6.44. The first-order chi connectivity index (χ1) is 8.04. The highest BCUT2D eigenvalue weighted by Crippen LogP contribution is 2.18. The van der Waals surface area contributed by atoms with Crippen LogP contribution in [0.5, 0.6) is 0 Å². The van der Waals surface area contributed by atoms with Gasteiger partial charge in [0.25, 0.3) is 0 Å². The van der Waals surface area contributed by atoms with Gasteiger partial charge in [0, 0.05) is 0 Å². The topological polar surface area (TPSA) is 98.7 Å². The first kappa shape index (κ1) is 13.8. The molecule has 3 atom stereocenters. The lowest BCUT2D eigenvalue weighted by Crippen LogP contribution is -2.52. The molecule has 98 valence electrons. The van der Waals surface area contributed by atoms with E-state index in [9.17, 15) is 14.7 Å². The van der Waals surface area contributed by atoms with Gasteiger partial charge in [-0.25, -0.2) is 9.59 Å². The monoisotopic (exact) mass is 244 g/mol. The number of aliphatic carboxylic acids is 1. The molecule has 0 heterocycles. The summed E-state index contributed by atoms with van der Waals surface area (Å²) >= 11 is 0. The summed E-state index contributed by atoms with van der Waals surface area (Å²) in [7, 11) is 0. The lowest BCUT2D eigenvalue weighted by Gasteiger charge is -2.28. The molecule has 0 saturated heterocycles. The molecule has 0 aromatic heterocycles. The summed E-state index contributed by atoms with van der Waals surface area (Å²) in [5.41, 5.74) is 0. The molecule has 17 heavy (non-hydrogen) atoms. The third-order valence-corrected chi connectivity index (χ3v) is 3.06. The minimum absolute atomic E-state index is 0.268. The second-order valence-electron chi connectivity index (χ2n) is 4.38. The van der Waals surface area contributed by atoms with Gasteiger partial charge in [-0.3, -0.25) is 0 Å². The Morgan fingerprint density at radius 1 is 1.35 bits per heavy atom. The molecule has 2 unspecified atom stereocenters. The van der Waals surface area contributed by atoms with E-state index in [1.54, 1.807) is 6.92 Å². The van der Waals surface area contributed by atoms with Crippen LogP contribution in [0.3, 0.4) is 0 Å². The molecule has 1 rings (SSSR count). The van der Waals surface area contributed by atoms with Gasteiger partial charge in [-0.2, -0.15) is 0 Å². The van der Waals surface area contributed by atoms with Crippen LogP contribution >= 0.6 is 0 Å². The summed E-state index contributed by atoms with van der Waals surface area (Å²) in [6, 6.07) is -1.67. The summed E-state index contributed by atoms with van der Waals surface area (Å²) in [5.74, 6) is -1.05. The molecule has 6 heteroatoms. The van der Waals surface area contributed by atoms with Crippen molar-refractivity contribution < 1.29 is 19.8 Å². The van der Waals surface area contributed by atoms with E-state index < -0.39 is 24.1 Å². The Balaban J connectivity index is 2.40. The van der Waals surface area contributed by atoms with Crippen LogP contribution in [-0.4, -0.2) is 40.4 Å². The number of amides is 2. The van der Waals surface area contributed by atoms with Gasteiger partial charge in [-0.15, -0.1) is 0 Å². The highest BCUT2D eigenvalue weighted by molar-refractivity contribution is 5.82. The summed E-state index contributed by atoms with van der Waals surface area (Å²) in [6.07, 6.45) is 3.15. The maximum Gasteiger partial charge on any atom is 0.326 e. The van der Waals surface area contributed by atoms with Crippen molar-refractivity contribution in [2.24, 2.45) is 0 Å². The molecule has 0 aliphatic heterocycles. The maximum atomic E-state index is 11.5. The van der Waals surface area contributed by atoms with Crippen LogP contribution in [0, 0.1) is 0 Å². The van der Waals surface area contributed by atoms with Crippen molar-refractivity contribution in [3.05, 3.63) is 0 Å². The average molecular weight is 244 g/mol. The fourth-order valence-electron chi connectivity index (χ4n) is 1.99. The Bertz CT molecular complexity index is 283. The quantitative estimate of drug-likeness (QED) is 0.577. The Morgan fingerprint density at radius 3 is 2.53 bits per heavy atom. The van der Waals surface area contributed by atoms with Crippen molar-refractivity contribution in [1.82, 2.24) is 10.6 Å². The lowest BCUT2D eigenvalue weighted by molar-refractivity contribution is -0.139. The number of aliphatic hydroxyl groups excluding tert-OH is 1. The molecular formula is C11H20N2O4. The first-order valence-electron chi connectivity index (χ1n) is 6.02. The Morgan fingerprint density at radius 2 is 2.00 bits per heavy atom. The molecule has 6 nitrogen and oxygen atoms in total. The SMILES string of the molecule is CC[C@H](NC(=O)NC1CCCCC1O)C(=O)O. The number of nitrogens with one attached hydrogen (secondary N) is 2. The van der Waals surface area contributed by atoms with Gasteiger partial charge in [0.15, 0.2) is 0 Å². The molecule has 1 saturated carbocycles. The molecule has 0 radical (unpaired) electrons. The van der Waals surface area contributed by atoms with Crippen LogP contribution in [-0.2, 0) is 4.79 Å². The van der Waals surface area contributed by atoms with Crippen LogP contribution in [0.25, 0.3) is 0 Å². The second-order valence-corrected chi connectivity index (χ2v) is 4.38. The highest BCUT2D eigenvalue weighted by Gasteiger charge is 2.26. The van der Waals surface area contributed by atoms with Gasteiger partial charge >= 0.3 is 12.0 Å². The molecule has 1 aliphatic rings. The maximum absolute atomic E-state index is 11.5. The summed E-state index contributed by atoms with van der Waals surface area (Å²) in [6.45, 7) is 1.69. The van der Waals surface area contributed by atoms with Crippen LogP contribution in [0.4, 0.5) is 4.79 Å². The number of carbonyl (C=O) groups is 2. The van der Waals surface area contributed by atoms with Crippen molar-refractivity contribution in [3.63, 3.8) is 0 Å². The molecular weight excluding hydrogens is 224 g/mol. The van der Waals surface area contributed by atoms with Gasteiger partial charge in [0.1, 0.15) is 6.04 Å². The van der Waals surface area contributed by atoms with E-state index in [1.807, 2.05) is 0 Å². The van der Waals surface area contributed by atoms with E-state index >= 15 is 0 Å². The minimum Gasteiger partial charge on any atom is -0.480 e. The Kier molecular flexibility index (Phi) is 5.21. The number of hydrogen-bond acceptors (Lipinski definition) is 3. The van der Waals surface area contributed by atoms with E-state index in [2.05, 4.69) is 10.6 Å². The van der Waals surface area contributed by atoms with Crippen molar-refractivity contribution in [2.75, 3.05) is 0 Å². The number of carbonyl (C=O) groups excluding carboxylic acids is 1. The Hall–Kier alpha value is -1.30. The van der Waals surface area contributed by atoms with E-state index in [1.165, 1.54) is 0 Å². The van der Waals surface area contributed by atoms with Gasteiger partial charge in [-0.05, 0) is 19.3 Å². The van der Waals surface area contributed by atoms with Crippen LogP contribution in [0.1, 0.15) is 39.0 Å². The van der Waals surface area contributed by atoms with E-state index in [0.717, 1.165) is 19.3 Å². The largest absolute Gasteiger partial charge is 0.480 e. The number of carboxylic acid groups (broad SMARTS) is 1. The fraction of sp³-hybridized carbons (Fsp3) is 0.818. The number of hydrogen-bond donors (Lipinski definition) is 4. The Labute approximate surface area is 100 Å². The van der Waals surface area contributed by atoms with Crippen molar-refractivity contribution >= 4 is 12.0 Å². The molecule has 0 aromatic carbocycles. The van der Waals surface area contributed by atoms with Gasteiger partial charge in [0.05, 0.1) is 12.1 Å². The number of aliphatic hydroxyl groups is 1. The van der Waals surface area contributed by atoms with Crippen LogP contribution in [0.2, 0.25) is 0 Å². The summed E-state index contributed by atoms with van der Waals surface area (Å²) in [5, 5.41) is 23.4. The average Bonchev–Trinajstić information content (AvgIpc) is 2.28. The van der Waals surface area contributed by atoms with E-state index in [-0.39, 0.29) is 6.04 Å². The zero-order chi connectivity index (χ0) is 12.8. The molecule has 2 amide bonds. The third-order valence-electron chi connectivity index (χ3n) is 3.06. The van der Waals surface area contributed by atoms with Crippen molar-refractivity contribution in [1.29, 1.82) is 0 Å². The fourth-order valence-corrected chi connectivity index (χ4v) is 1.99. The predicted molar refractivity (Wildman–Crippen MR) is 61.6 cm³/mol. The highest BCUT2D eigenvalue weighted by atomic mass is 16.4. The van der Waals surface area contributed by atoms with Crippen molar-refractivity contribution in [2.45, 2.75) is 57.2 Å². The summed E-state index contributed by atoms with van der Waals surface area (Å²) < 4.78 is 0. The molecule has 0 bridgehead atoms. The standard InChI is InChI=1S/C11H20N2O4/c1-2-7(10(15)16)12-11(17)13-8-5-3-4-6-9(8)14/h7-9,14H,2-6H2,1H3,(H,15,16)(H2,12,13,17)/t7-,8?,9?/m0/s1. The third kappa shape index (κ3) is 4.22. The van der Waals surface area contributed by atoms with E-state index in [4.69, 9.17) is 5.11 Å². The predicted octanol–water partition coefficient (Wildman–Crippen LogP) is 0.452. The van der Waals surface area contributed by atoms with Gasteiger partial charge in [-0.1, -0.05) is 19.8 Å². The number of carboxylic acids is 1. The first-order valence-corrected chi connectivity index (χ1v) is 6.02. The zero-order valence-electron chi connectivity index (χ0n) is 9.98. The normalized spacial score (nSPS) is 26.0. The van der Waals surface area contributed by atoms with Crippen molar-refractivity contribution in [3.8, 4) is 0 Å². The molecule has 1 fully saturated rings. The molecule has 0 spiro atoms. The molecule has 4 N–H and O–H groups in total.